The summed E-state index contributed by atoms with van der Waals surface area (Å²) in [4.78, 5) is 25.7. The fourth-order valence-electron chi connectivity index (χ4n) is 2.05. The van der Waals surface area contributed by atoms with Crippen molar-refractivity contribution in [3.63, 3.8) is 0 Å². The lowest BCUT2D eigenvalue weighted by molar-refractivity contribution is -0.127. The van der Waals surface area contributed by atoms with E-state index in [9.17, 15) is 9.59 Å². The van der Waals surface area contributed by atoms with E-state index in [4.69, 9.17) is 9.52 Å². The maximum Gasteiger partial charge on any atom is 0.339 e. The van der Waals surface area contributed by atoms with E-state index in [0.29, 0.717) is 17.3 Å². The maximum absolute atomic E-state index is 12.2. The monoisotopic (exact) mass is 333 g/mol. The summed E-state index contributed by atoms with van der Waals surface area (Å²) in [5, 5.41) is 9.01. The minimum atomic E-state index is -1.03. The first-order valence-electron chi connectivity index (χ1n) is 7.13. The van der Waals surface area contributed by atoms with E-state index in [-0.39, 0.29) is 18.0 Å². The molecule has 1 heterocycles. The Morgan fingerprint density at radius 2 is 1.87 bits per heavy atom. The molecule has 0 aliphatic heterocycles. The second-order valence-corrected chi connectivity index (χ2v) is 6.39. The summed E-state index contributed by atoms with van der Waals surface area (Å²) in [7, 11) is 1.68. The van der Waals surface area contributed by atoms with Crippen LogP contribution in [0.2, 0.25) is 0 Å². The number of nitrogens with zero attached hydrogens (tertiary/aromatic N) is 1. The molecular weight excluding hydrogens is 314 g/mol. The number of furan rings is 1. The zero-order valence-corrected chi connectivity index (χ0v) is 14.1. The highest BCUT2D eigenvalue weighted by atomic mass is 32.2. The number of hydrogen-bond acceptors (Lipinski definition) is 4. The van der Waals surface area contributed by atoms with Crippen LogP contribution in [-0.2, 0) is 11.3 Å². The van der Waals surface area contributed by atoms with Crippen molar-refractivity contribution in [2.75, 3.05) is 12.8 Å². The van der Waals surface area contributed by atoms with Crippen molar-refractivity contribution < 1.29 is 19.1 Å². The van der Waals surface area contributed by atoms with E-state index in [1.807, 2.05) is 31.2 Å². The minimum Gasteiger partial charge on any atom is -0.478 e. The van der Waals surface area contributed by atoms with Crippen LogP contribution in [0, 0.1) is 13.8 Å². The number of carbonyl (C=O) groups is 2. The number of amides is 1. The molecule has 0 bridgehead atoms. The molecule has 0 aliphatic carbocycles. The third-order valence-electron chi connectivity index (χ3n) is 3.40. The van der Waals surface area contributed by atoms with E-state index in [1.54, 1.807) is 14.0 Å². The summed E-state index contributed by atoms with van der Waals surface area (Å²) in [5.74, 6) is 0.0757. The van der Waals surface area contributed by atoms with Crippen LogP contribution in [0.25, 0.3) is 0 Å². The van der Waals surface area contributed by atoms with Gasteiger partial charge in [0.2, 0.25) is 5.91 Å². The molecule has 2 aromatic rings. The van der Waals surface area contributed by atoms with Crippen LogP contribution in [0.15, 0.2) is 39.6 Å². The second-order valence-electron chi connectivity index (χ2n) is 5.34. The van der Waals surface area contributed by atoms with E-state index >= 15 is 0 Å². The van der Waals surface area contributed by atoms with Gasteiger partial charge in [-0.05, 0) is 32.0 Å². The van der Waals surface area contributed by atoms with Crippen LogP contribution in [0.4, 0.5) is 0 Å². The Morgan fingerprint density at radius 1 is 1.22 bits per heavy atom. The number of rotatable bonds is 6. The van der Waals surface area contributed by atoms with Gasteiger partial charge in [0.25, 0.3) is 0 Å². The van der Waals surface area contributed by atoms with Gasteiger partial charge in [0.1, 0.15) is 17.1 Å². The first-order chi connectivity index (χ1) is 10.9. The van der Waals surface area contributed by atoms with Gasteiger partial charge in [0, 0.05) is 11.9 Å². The molecule has 6 heteroatoms. The zero-order valence-electron chi connectivity index (χ0n) is 13.3. The Hall–Kier alpha value is -2.21. The van der Waals surface area contributed by atoms with Crippen molar-refractivity contribution >= 4 is 23.6 Å². The number of aromatic carboxylic acids is 1. The van der Waals surface area contributed by atoms with Crippen LogP contribution in [0.5, 0.6) is 0 Å². The fourth-order valence-corrected chi connectivity index (χ4v) is 2.88. The average molecular weight is 333 g/mol. The molecule has 1 N–H and O–H groups in total. The van der Waals surface area contributed by atoms with Crippen LogP contribution in [0.1, 0.15) is 27.4 Å². The lowest BCUT2D eigenvalue weighted by atomic mass is 10.2. The van der Waals surface area contributed by atoms with Gasteiger partial charge in [-0.3, -0.25) is 4.79 Å². The summed E-state index contributed by atoms with van der Waals surface area (Å²) < 4.78 is 5.39. The van der Waals surface area contributed by atoms with Crippen molar-refractivity contribution in [2.24, 2.45) is 0 Å². The number of thioether (sulfide) groups is 1. The third-order valence-corrected chi connectivity index (χ3v) is 4.40. The smallest absolute Gasteiger partial charge is 0.339 e. The lowest BCUT2D eigenvalue weighted by Gasteiger charge is -2.15. The molecule has 23 heavy (non-hydrogen) atoms. The Kier molecular flexibility index (Phi) is 5.50. The average Bonchev–Trinajstić information content (AvgIpc) is 2.87. The zero-order chi connectivity index (χ0) is 17.0. The number of benzene rings is 1. The number of hydrogen-bond donors (Lipinski definition) is 1. The summed E-state index contributed by atoms with van der Waals surface area (Å²) in [6, 6.07) is 9.46. The molecule has 2 rings (SSSR count). The Morgan fingerprint density at radius 3 is 2.43 bits per heavy atom. The normalized spacial score (nSPS) is 10.6. The molecule has 0 saturated carbocycles. The highest BCUT2D eigenvalue weighted by molar-refractivity contribution is 8.00. The van der Waals surface area contributed by atoms with Gasteiger partial charge in [-0.2, -0.15) is 0 Å². The molecule has 0 fully saturated rings. The van der Waals surface area contributed by atoms with E-state index in [1.165, 1.54) is 28.3 Å². The molecule has 0 saturated heterocycles. The summed E-state index contributed by atoms with van der Waals surface area (Å²) in [6.07, 6.45) is 0. The Labute approximate surface area is 139 Å². The molecule has 1 aromatic heterocycles. The van der Waals surface area contributed by atoms with E-state index in [2.05, 4.69) is 0 Å². The van der Waals surface area contributed by atoms with Crippen molar-refractivity contribution in [3.8, 4) is 0 Å². The molecule has 122 valence electrons. The first kappa shape index (κ1) is 17.1. The summed E-state index contributed by atoms with van der Waals surface area (Å²) in [6.45, 7) is 3.87. The molecule has 0 aliphatic rings. The molecule has 5 nitrogen and oxygen atoms in total. The molecule has 1 aromatic carbocycles. The van der Waals surface area contributed by atoms with Crippen molar-refractivity contribution in [2.45, 2.75) is 25.3 Å². The maximum atomic E-state index is 12.2. The van der Waals surface area contributed by atoms with Gasteiger partial charge in [0.15, 0.2) is 0 Å². The SMILES string of the molecule is Cc1ccc(SCC(=O)N(C)Cc2cc(C(=O)O)c(C)o2)cc1. The van der Waals surface area contributed by atoms with Gasteiger partial charge in [-0.25, -0.2) is 4.79 Å². The van der Waals surface area contributed by atoms with Crippen molar-refractivity contribution in [1.82, 2.24) is 4.90 Å². The topological polar surface area (TPSA) is 70.8 Å². The minimum absolute atomic E-state index is 0.0403. The largest absolute Gasteiger partial charge is 0.478 e. The van der Waals surface area contributed by atoms with Crippen LogP contribution in [0.3, 0.4) is 0 Å². The van der Waals surface area contributed by atoms with Gasteiger partial charge < -0.3 is 14.4 Å². The fraction of sp³-hybridized carbons (Fsp3) is 0.294. The van der Waals surface area contributed by atoms with Crippen LogP contribution >= 0.6 is 11.8 Å². The molecule has 0 atom stereocenters. The second kappa shape index (κ2) is 7.37. The van der Waals surface area contributed by atoms with Crippen LogP contribution in [-0.4, -0.2) is 34.7 Å². The number of aryl methyl sites for hydroxylation is 2. The van der Waals surface area contributed by atoms with Crippen LogP contribution < -0.4 is 0 Å². The van der Waals surface area contributed by atoms with E-state index in [0.717, 1.165) is 4.90 Å². The first-order valence-corrected chi connectivity index (χ1v) is 8.11. The molecule has 0 radical (unpaired) electrons. The van der Waals surface area contributed by atoms with Gasteiger partial charge in [-0.1, -0.05) is 17.7 Å². The molecule has 0 unspecified atom stereocenters. The Balaban J connectivity index is 1.91. The third kappa shape index (κ3) is 4.63. The Bertz CT molecular complexity index is 706. The van der Waals surface area contributed by atoms with Crippen molar-refractivity contribution in [3.05, 3.63) is 53.0 Å². The predicted octanol–water partition coefficient (Wildman–Crippen LogP) is 3.35. The standard InChI is InChI=1S/C17H19NO4S/c1-11-4-6-14(7-5-11)23-10-16(19)18(3)9-13-8-15(17(20)21)12(2)22-13/h4-8H,9-10H2,1-3H3,(H,20,21). The summed E-state index contributed by atoms with van der Waals surface area (Å²) in [5.41, 5.74) is 1.31. The predicted molar refractivity (Wildman–Crippen MR) is 88.8 cm³/mol. The highest BCUT2D eigenvalue weighted by Gasteiger charge is 2.17. The quantitative estimate of drug-likeness (QED) is 0.821. The van der Waals surface area contributed by atoms with Crippen molar-refractivity contribution in [1.29, 1.82) is 0 Å². The number of carboxylic acid groups (broad SMARTS) is 1. The van der Waals surface area contributed by atoms with Gasteiger partial charge in [0.05, 0.1) is 12.3 Å². The van der Waals surface area contributed by atoms with Gasteiger partial charge in [-0.15, -0.1) is 11.8 Å². The lowest BCUT2D eigenvalue weighted by Crippen LogP contribution is -2.27. The summed E-state index contributed by atoms with van der Waals surface area (Å²) >= 11 is 1.47. The molecule has 0 spiro atoms. The number of carbonyl (C=O) groups excluding carboxylic acids is 1. The number of carboxylic acids is 1. The van der Waals surface area contributed by atoms with E-state index < -0.39 is 5.97 Å². The molecular formula is C17H19NO4S. The molecule has 1 amide bonds. The highest BCUT2D eigenvalue weighted by Crippen LogP contribution is 2.20. The van der Waals surface area contributed by atoms with Gasteiger partial charge >= 0.3 is 5.97 Å².